The maximum absolute atomic E-state index is 2.56. The topological polar surface area (TPSA) is 7.76 Å². The third kappa shape index (κ3) is 4.34. The number of benzene rings is 6. The van der Waals surface area contributed by atoms with Gasteiger partial charge >= 0.3 is 0 Å². The van der Waals surface area contributed by atoms with E-state index in [9.17, 15) is 0 Å². The molecule has 11 rings (SSSR count). The summed E-state index contributed by atoms with van der Waals surface area (Å²) in [5.74, 6) is 0. The van der Waals surface area contributed by atoms with Gasteiger partial charge in [0.25, 0.3) is 11.4 Å². The van der Waals surface area contributed by atoms with E-state index in [1.54, 1.807) is 0 Å². The molecule has 0 bridgehead atoms. The molecule has 1 aliphatic carbocycles. The molecule has 2 heteroatoms. The Hall–Kier alpha value is -5.86. The summed E-state index contributed by atoms with van der Waals surface area (Å²) in [6.45, 7) is 14.0. The minimum Gasteiger partial charge on any atom is -0.158 e. The third-order valence-electron chi connectivity index (χ3n) is 12.9. The average molecular weight is 697 g/mol. The minimum atomic E-state index is -0.0500. The lowest BCUT2D eigenvalue weighted by Crippen LogP contribution is -2.47. The zero-order chi connectivity index (χ0) is 36.7. The number of pyridine rings is 2. The van der Waals surface area contributed by atoms with Crippen LogP contribution in [0.4, 0.5) is 0 Å². The van der Waals surface area contributed by atoms with Crippen molar-refractivity contribution < 1.29 is 9.13 Å². The van der Waals surface area contributed by atoms with Gasteiger partial charge in [0, 0.05) is 29.7 Å². The van der Waals surface area contributed by atoms with Crippen molar-refractivity contribution >= 4 is 43.7 Å². The summed E-state index contributed by atoms with van der Waals surface area (Å²) in [5, 5.41) is 7.94. The van der Waals surface area contributed by atoms with Gasteiger partial charge in [0.2, 0.25) is 11.4 Å². The largest absolute Gasteiger partial charge is 0.259 e. The van der Waals surface area contributed by atoms with Crippen LogP contribution in [-0.4, -0.2) is 0 Å². The first-order chi connectivity index (χ1) is 26.1. The van der Waals surface area contributed by atoms with Crippen molar-refractivity contribution in [3.8, 4) is 33.6 Å². The molecule has 2 aromatic heterocycles. The summed E-state index contributed by atoms with van der Waals surface area (Å²) >= 11 is 0. The fraction of sp³-hybridized carbons (Fsp3) is 0.192. The van der Waals surface area contributed by atoms with E-state index in [2.05, 4.69) is 184 Å². The van der Waals surface area contributed by atoms with Crippen LogP contribution in [0, 0.1) is 6.92 Å². The number of allylic oxidation sites excluding steroid dienone is 2. The number of hydrogen-bond acceptors (Lipinski definition) is 0. The van der Waals surface area contributed by atoms with E-state index in [-0.39, 0.29) is 10.8 Å². The molecule has 0 amide bonds. The van der Waals surface area contributed by atoms with E-state index in [4.69, 9.17) is 0 Å². The molecule has 0 radical (unpaired) electrons. The van der Waals surface area contributed by atoms with Gasteiger partial charge in [0.05, 0.1) is 24.0 Å². The molecular weight excluding hydrogens is 653 g/mol. The highest BCUT2D eigenvalue weighted by Crippen LogP contribution is 2.51. The summed E-state index contributed by atoms with van der Waals surface area (Å²) in [6, 6.07) is 46.5. The Morgan fingerprint density at radius 1 is 0.481 bits per heavy atom. The van der Waals surface area contributed by atoms with Crippen molar-refractivity contribution in [2.24, 2.45) is 0 Å². The third-order valence-corrected chi connectivity index (χ3v) is 12.9. The first-order valence-electron chi connectivity index (χ1n) is 19.5. The van der Waals surface area contributed by atoms with Crippen LogP contribution in [0.2, 0.25) is 0 Å². The lowest BCUT2D eigenvalue weighted by Gasteiger charge is -2.26. The molecule has 3 aliphatic rings. The van der Waals surface area contributed by atoms with Crippen molar-refractivity contribution in [3.05, 3.63) is 167 Å². The summed E-state index contributed by atoms with van der Waals surface area (Å²) in [4.78, 5) is 0. The Morgan fingerprint density at radius 2 is 1.02 bits per heavy atom. The molecule has 260 valence electrons. The lowest BCUT2D eigenvalue weighted by molar-refractivity contribution is -0.602. The van der Waals surface area contributed by atoms with Gasteiger partial charge in [-0.25, -0.2) is 0 Å². The normalized spacial score (nSPS) is 16.5. The van der Waals surface area contributed by atoms with E-state index in [1.807, 2.05) is 0 Å². The van der Waals surface area contributed by atoms with E-state index in [0.717, 1.165) is 12.8 Å². The summed E-state index contributed by atoms with van der Waals surface area (Å²) in [7, 11) is 0. The van der Waals surface area contributed by atoms with Crippen LogP contribution in [-0.2, 0) is 23.7 Å². The quantitative estimate of drug-likeness (QED) is 0.110. The van der Waals surface area contributed by atoms with Crippen LogP contribution < -0.4 is 9.13 Å². The first-order valence-corrected chi connectivity index (χ1v) is 19.5. The summed E-state index contributed by atoms with van der Waals surface area (Å²) in [5.41, 5.74) is 19.0. The van der Waals surface area contributed by atoms with Crippen LogP contribution in [0.1, 0.15) is 68.0 Å². The smallest absolute Gasteiger partial charge is 0.158 e. The molecule has 54 heavy (non-hydrogen) atoms. The summed E-state index contributed by atoms with van der Waals surface area (Å²) in [6.07, 6.45) is 6.40. The second kappa shape index (κ2) is 10.9. The van der Waals surface area contributed by atoms with E-state index in [1.165, 1.54) is 111 Å². The van der Waals surface area contributed by atoms with Crippen molar-refractivity contribution in [3.63, 3.8) is 0 Å². The van der Waals surface area contributed by atoms with Crippen LogP contribution in [0.25, 0.3) is 77.4 Å². The maximum atomic E-state index is 2.56. The zero-order valence-electron chi connectivity index (χ0n) is 32.0. The van der Waals surface area contributed by atoms with E-state index >= 15 is 0 Å². The fourth-order valence-electron chi connectivity index (χ4n) is 10.0. The van der Waals surface area contributed by atoms with Gasteiger partial charge in [-0.15, -0.1) is 0 Å². The molecule has 0 fully saturated rings. The van der Waals surface area contributed by atoms with Crippen LogP contribution in [0.15, 0.2) is 134 Å². The van der Waals surface area contributed by atoms with E-state index in [0.29, 0.717) is 0 Å². The van der Waals surface area contributed by atoms with Gasteiger partial charge < -0.3 is 0 Å². The Kier molecular flexibility index (Phi) is 6.36. The second-order valence-electron chi connectivity index (χ2n) is 17.5. The molecule has 0 spiro atoms. The molecule has 0 saturated heterocycles. The van der Waals surface area contributed by atoms with Gasteiger partial charge in [0.1, 0.15) is 0 Å². The monoisotopic (exact) mass is 696 g/mol. The number of aryl methyl sites for hydroxylation is 1. The molecule has 2 aliphatic heterocycles. The fourth-order valence-corrected chi connectivity index (χ4v) is 10.0. The molecule has 0 saturated carbocycles. The molecular formula is C52H44N2+2. The van der Waals surface area contributed by atoms with Crippen molar-refractivity contribution in [1.29, 1.82) is 0 Å². The van der Waals surface area contributed by atoms with Crippen molar-refractivity contribution in [2.75, 3.05) is 0 Å². The Labute approximate surface area is 317 Å². The van der Waals surface area contributed by atoms with Gasteiger partial charge in [0.15, 0.2) is 12.4 Å². The van der Waals surface area contributed by atoms with Crippen LogP contribution in [0.5, 0.6) is 0 Å². The van der Waals surface area contributed by atoms with Crippen molar-refractivity contribution in [2.45, 2.75) is 65.2 Å². The number of nitrogens with zero attached hydrogens (tertiary/aromatic N) is 2. The highest BCUT2D eigenvalue weighted by atomic mass is 15.1. The average Bonchev–Trinajstić information content (AvgIpc) is 3.40. The minimum absolute atomic E-state index is 0.0302. The molecule has 0 N–H and O–H groups in total. The predicted molar refractivity (Wildman–Crippen MR) is 224 cm³/mol. The Bertz CT molecular complexity index is 3000. The number of hydrogen-bond donors (Lipinski definition) is 0. The highest BCUT2D eigenvalue weighted by Gasteiger charge is 2.42. The van der Waals surface area contributed by atoms with Gasteiger partial charge in [-0.2, -0.15) is 9.13 Å². The number of fused-ring (bicyclic) bond motifs is 15. The predicted octanol–water partition coefficient (Wildman–Crippen LogP) is 11.9. The summed E-state index contributed by atoms with van der Waals surface area (Å²) < 4.78 is 5.03. The lowest BCUT2D eigenvalue weighted by atomic mass is 9.79. The number of aromatic nitrogens is 2. The van der Waals surface area contributed by atoms with Crippen LogP contribution >= 0.6 is 0 Å². The van der Waals surface area contributed by atoms with Gasteiger partial charge in [-0.3, -0.25) is 0 Å². The molecule has 0 unspecified atom stereocenters. The van der Waals surface area contributed by atoms with Gasteiger partial charge in [-0.05, 0) is 107 Å². The number of rotatable bonds is 0. The highest BCUT2D eigenvalue weighted by molar-refractivity contribution is 6.26. The van der Waals surface area contributed by atoms with Gasteiger partial charge in [-0.1, -0.05) is 113 Å². The maximum Gasteiger partial charge on any atom is 0.259 e. The molecule has 4 heterocycles. The Balaban J connectivity index is 1.19. The first kappa shape index (κ1) is 31.6. The SMILES string of the molecule is Cc1cc[n+]2c(c1)-c1cc3c4ccccc4c4ccccc4c3cc1C/C2=C1/Cc2cc3c(cc2-c2cc(C(C)(C)C)cc[n+]21)-c1ccccc1C3(C)C. The van der Waals surface area contributed by atoms with Crippen molar-refractivity contribution in [1.82, 2.24) is 0 Å². The molecule has 2 nitrogen and oxygen atoms in total. The standard InChI is InChI=1S/C52H44N2/c1-31-19-21-53-47(23-31)40-29-43-38-16-10-8-14-36(38)35-13-7-9-15-37(35)42(43)24-32(40)26-49(53)50-27-33-25-46-44(39-17-11-12-18-45(39)52(46,5)6)30-41(33)48-28-34(51(2,3)4)20-22-54(48)50/h7-25,28-30H,26-27H2,1-6H3/q+2/b50-49+. The van der Waals surface area contributed by atoms with E-state index < -0.39 is 0 Å². The van der Waals surface area contributed by atoms with Crippen LogP contribution in [0.3, 0.4) is 0 Å². The molecule has 8 aromatic rings. The molecule has 6 aromatic carbocycles. The Morgan fingerprint density at radius 3 is 1.69 bits per heavy atom. The second-order valence-corrected chi connectivity index (χ2v) is 17.5. The zero-order valence-corrected chi connectivity index (χ0v) is 32.0. The molecule has 0 atom stereocenters.